The van der Waals surface area contributed by atoms with E-state index in [1.165, 1.54) is 0 Å². The van der Waals surface area contributed by atoms with Crippen LogP contribution in [-0.2, 0) is 0 Å². The number of piperidine rings is 1. The topological polar surface area (TPSA) is 43.8 Å². The highest BCUT2D eigenvalue weighted by Gasteiger charge is 2.28. The fraction of sp³-hybridized carbons (Fsp3) is 0.381. The Bertz CT molecular complexity index is 690. The summed E-state index contributed by atoms with van der Waals surface area (Å²) in [6.07, 6.45) is 1.22. The Labute approximate surface area is 149 Å². The van der Waals surface area contributed by atoms with E-state index in [0.717, 1.165) is 29.7 Å². The highest BCUT2D eigenvalue weighted by molar-refractivity contribution is 5.94. The van der Waals surface area contributed by atoms with E-state index < -0.39 is 6.10 Å². The Kier molecular flexibility index (Phi) is 5.39. The molecule has 1 heterocycles. The van der Waals surface area contributed by atoms with Crippen molar-refractivity contribution in [2.24, 2.45) is 5.92 Å². The van der Waals surface area contributed by atoms with E-state index in [0.29, 0.717) is 13.1 Å². The molecule has 1 atom stereocenters. The zero-order valence-electron chi connectivity index (χ0n) is 14.9. The second kappa shape index (κ2) is 7.70. The number of anilines is 1. The van der Waals surface area contributed by atoms with Gasteiger partial charge in [-0.25, -0.2) is 0 Å². The van der Waals surface area contributed by atoms with E-state index in [-0.39, 0.29) is 11.8 Å². The van der Waals surface area contributed by atoms with E-state index in [1.807, 2.05) is 78.5 Å². The number of amides is 1. The fourth-order valence-electron chi connectivity index (χ4n) is 3.43. The van der Waals surface area contributed by atoms with Crippen LogP contribution in [0.25, 0.3) is 0 Å². The molecule has 4 nitrogen and oxygen atoms in total. The van der Waals surface area contributed by atoms with Crippen molar-refractivity contribution < 1.29 is 9.90 Å². The maximum atomic E-state index is 12.7. The summed E-state index contributed by atoms with van der Waals surface area (Å²) in [6, 6.07) is 17.5. The quantitative estimate of drug-likeness (QED) is 0.930. The molecule has 0 radical (unpaired) electrons. The molecule has 0 aliphatic carbocycles. The van der Waals surface area contributed by atoms with Crippen LogP contribution < -0.4 is 4.90 Å². The molecule has 1 fully saturated rings. The van der Waals surface area contributed by atoms with E-state index >= 15 is 0 Å². The van der Waals surface area contributed by atoms with Crippen molar-refractivity contribution >= 4 is 11.6 Å². The molecule has 1 saturated heterocycles. The molecule has 0 spiro atoms. The number of rotatable bonds is 4. The lowest BCUT2D eigenvalue weighted by Gasteiger charge is -2.34. The second-order valence-electron chi connectivity index (χ2n) is 6.93. The summed E-state index contributed by atoms with van der Waals surface area (Å²) >= 11 is 0. The van der Waals surface area contributed by atoms with Crippen molar-refractivity contribution in [3.05, 3.63) is 65.7 Å². The molecule has 4 heteroatoms. The molecule has 0 bridgehead atoms. The molecule has 1 aliphatic rings. The van der Waals surface area contributed by atoms with Gasteiger partial charge in [0.15, 0.2) is 0 Å². The van der Waals surface area contributed by atoms with Gasteiger partial charge in [-0.2, -0.15) is 0 Å². The first-order chi connectivity index (χ1) is 12.1. The largest absolute Gasteiger partial charge is 0.388 e. The lowest BCUT2D eigenvalue weighted by Crippen LogP contribution is -2.39. The Morgan fingerprint density at radius 1 is 1.04 bits per heavy atom. The van der Waals surface area contributed by atoms with Gasteiger partial charge in [-0.05, 0) is 48.6 Å². The summed E-state index contributed by atoms with van der Waals surface area (Å²) in [7, 11) is 3.97. The van der Waals surface area contributed by atoms with Crippen LogP contribution in [0.1, 0.15) is 34.9 Å². The minimum absolute atomic E-state index is 0.0814. The number of benzene rings is 2. The predicted molar refractivity (Wildman–Crippen MR) is 101 cm³/mol. The smallest absolute Gasteiger partial charge is 0.253 e. The molecular weight excluding hydrogens is 312 g/mol. The standard InChI is InChI=1S/C21H26N2O2/c1-22(2)19-10-8-18(9-11-19)21(25)23-14-12-17(13-15-23)20(24)16-6-4-3-5-7-16/h3-11,17,20,24H,12-15H2,1-2H3. The minimum atomic E-state index is -0.446. The van der Waals surface area contributed by atoms with Gasteiger partial charge in [0.2, 0.25) is 0 Å². The van der Waals surface area contributed by atoms with Crippen molar-refractivity contribution in [1.82, 2.24) is 4.90 Å². The number of nitrogens with zero attached hydrogens (tertiary/aromatic N) is 2. The van der Waals surface area contributed by atoms with Gasteiger partial charge in [-0.3, -0.25) is 4.79 Å². The number of carbonyl (C=O) groups excluding carboxylic acids is 1. The van der Waals surface area contributed by atoms with Crippen LogP contribution in [0.2, 0.25) is 0 Å². The zero-order valence-corrected chi connectivity index (χ0v) is 14.9. The summed E-state index contributed by atoms with van der Waals surface area (Å²) in [5.41, 5.74) is 2.78. The summed E-state index contributed by atoms with van der Waals surface area (Å²) in [4.78, 5) is 16.6. The number of likely N-dealkylation sites (tertiary alicyclic amines) is 1. The minimum Gasteiger partial charge on any atom is -0.388 e. The van der Waals surface area contributed by atoms with Gasteiger partial charge in [0.05, 0.1) is 6.10 Å². The summed E-state index contributed by atoms with van der Waals surface area (Å²) in [5, 5.41) is 10.6. The van der Waals surface area contributed by atoms with Gasteiger partial charge in [-0.1, -0.05) is 30.3 Å². The first kappa shape index (κ1) is 17.5. The average Bonchev–Trinajstić information content (AvgIpc) is 2.67. The fourth-order valence-corrected chi connectivity index (χ4v) is 3.43. The molecule has 1 N–H and O–H groups in total. The van der Waals surface area contributed by atoms with Gasteiger partial charge in [0, 0.05) is 38.4 Å². The number of hydrogen-bond donors (Lipinski definition) is 1. The van der Waals surface area contributed by atoms with E-state index in [2.05, 4.69) is 0 Å². The van der Waals surface area contributed by atoms with Gasteiger partial charge in [0.25, 0.3) is 5.91 Å². The summed E-state index contributed by atoms with van der Waals surface area (Å²) in [5.74, 6) is 0.292. The molecule has 2 aromatic rings. The normalized spacial score (nSPS) is 16.5. The predicted octanol–water partition coefficient (Wildman–Crippen LogP) is 3.34. The van der Waals surface area contributed by atoms with Crippen molar-refractivity contribution in [3.8, 4) is 0 Å². The lowest BCUT2D eigenvalue weighted by molar-refractivity contribution is 0.0462. The summed E-state index contributed by atoms with van der Waals surface area (Å²) < 4.78 is 0. The molecule has 2 aromatic carbocycles. The highest BCUT2D eigenvalue weighted by atomic mass is 16.3. The van der Waals surface area contributed by atoms with Crippen LogP contribution in [0.5, 0.6) is 0 Å². The maximum Gasteiger partial charge on any atom is 0.253 e. The van der Waals surface area contributed by atoms with Crippen LogP contribution in [-0.4, -0.2) is 43.1 Å². The second-order valence-corrected chi connectivity index (χ2v) is 6.93. The van der Waals surface area contributed by atoms with E-state index in [1.54, 1.807) is 0 Å². The average molecular weight is 338 g/mol. The molecule has 3 rings (SSSR count). The Balaban J connectivity index is 1.59. The lowest BCUT2D eigenvalue weighted by atomic mass is 9.87. The third-order valence-electron chi connectivity index (χ3n) is 5.05. The zero-order chi connectivity index (χ0) is 17.8. The molecule has 1 aliphatic heterocycles. The van der Waals surface area contributed by atoms with E-state index in [4.69, 9.17) is 0 Å². The number of aliphatic hydroxyl groups excluding tert-OH is 1. The van der Waals surface area contributed by atoms with Crippen molar-refractivity contribution in [2.75, 3.05) is 32.1 Å². The van der Waals surface area contributed by atoms with Crippen molar-refractivity contribution in [3.63, 3.8) is 0 Å². The SMILES string of the molecule is CN(C)c1ccc(C(=O)N2CCC(C(O)c3ccccc3)CC2)cc1. The number of hydrogen-bond acceptors (Lipinski definition) is 3. The molecule has 0 aromatic heterocycles. The first-order valence-electron chi connectivity index (χ1n) is 8.86. The van der Waals surface area contributed by atoms with Crippen LogP contribution in [0.3, 0.4) is 0 Å². The van der Waals surface area contributed by atoms with Crippen molar-refractivity contribution in [1.29, 1.82) is 0 Å². The van der Waals surface area contributed by atoms with Crippen LogP contribution >= 0.6 is 0 Å². The highest BCUT2D eigenvalue weighted by Crippen LogP contribution is 2.31. The van der Waals surface area contributed by atoms with Gasteiger partial charge >= 0.3 is 0 Å². The van der Waals surface area contributed by atoms with Crippen LogP contribution in [0, 0.1) is 5.92 Å². The molecule has 1 unspecified atom stereocenters. The molecule has 132 valence electrons. The third kappa shape index (κ3) is 4.02. The molecular formula is C21H26N2O2. The molecule has 0 saturated carbocycles. The Hall–Kier alpha value is -2.33. The maximum absolute atomic E-state index is 12.7. The Morgan fingerprint density at radius 3 is 2.20 bits per heavy atom. The van der Waals surface area contributed by atoms with Crippen LogP contribution in [0.4, 0.5) is 5.69 Å². The molecule has 25 heavy (non-hydrogen) atoms. The number of aliphatic hydroxyl groups is 1. The first-order valence-corrected chi connectivity index (χ1v) is 8.86. The van der Waals surface area contributed by atoms with Crippen LogP contribution in [0.15, 0.2) is 54.6 Å². The summed E-state index contributed by atoms with van der Waals surface area (Å²) in [6.45, 7) is 1.39. The van der Waals surface area contributed by atoms with Gasteiger partial charge < -0.3 is 14.9 Å². The Morgan fingerprint density at radius 2 is 1.64 bits per heavy atom. The monoisotopic (exact) mass is 338 g/mol. The van der Waals surface area contributed by atoms with Crippen molar-refractivity contribution in [2.45, 2.75) is 18.9 Å². The third-order valence-corrected chi connectivity index (χ3v) is 5.05. The number of carbonyl (C=O) groups is 1. The van der Waals surface area contributed by atoms with Gasteiger partial charge in [0.1, 0.15) is 0 Å². The molecule has 1 amide bonds. The van der Waals surface area contributed by atoms with Gasteiger partial charge in [-0.15, -0.1) is 0 Å². The van der Waals surface area contributed by atoms with E-state index in [9.17, 15) is 9.90 Å².